The number of anilines is 1. The van der Waals surface area contributed by atoms with Gasteiger partial charge in [0.15, 0.2) is 5.82 Å². The van der Waals surface area contributed by atoms with E-state index in [1.807, 2.05) is 6.07 Å². The maximum Gasteiger partial charge on any atom is 0.207 e. The van der Waals surface area contributed by atoms with Crippen LogP contribution in [0.1, 0.15) is 49.4 Å². The summed E-state index contributed by atoms with van der Waals surface area (Å²) >= 11 is 0. The zero-order valence-corrected chi connectivity index (χ0v) is 14.1. The highest BCUT2D eigenvalue weighted by Gasteiger charge is 2.26. The van der Waals surface area contributed by atoms with Crippen molar-refractivity contribution in [2.75, 3.05) is 11.4 Å². The minimum Gasteiger partial charge on any atom is -0.350 e. The lowest BCUT2D eigenvalue weighted by atomic mass is 10.00. The van der Waals surface area contributed by atoms with E-state index < -0.39 is 0 Å². The third kappa shape index (κ3) is 2.94. The Morgan fingerprint density at radius 1 is 1.22 bits per heavy atom. The van der Waals surface area contributed by atoms with Crippen molar-refractivity contribution >= 4 is 5.82 Å². The molecule has 1 aromatic heterocycles. The first-order valence-corrected chi connectivity index (χ1v) is 8.35. The van der Waals surface area contributed by atoms with Crippen molar-refractivity contribution in [2.45, 2.75) is 52.5 Å². The van der Waals surface area contributed by atoms with E-state index in [0.29, 0.717) is 11.7 Å². The third-order valence-corrected chi connectivity index (χ3v) is 4.79. The van der Waals surface area contributed by atoms with Crippen molar-refractivity contribution < 1.29 is 0 Å². The maximum absolute atomic E-state index is 9.47. The molecule has 2 heterocycles. The van der Waals surface area contributed by atoms with E-state index in [-0.39, 0.29) is 0 Å². The van der Waals surface area contributed by atoms with Gasteiger partial charge in [-0.1, -0.05) is 13.0 Å². The zero-order valence-electron chi connectivity index (χ0n) is 14.1. The van der Waals surface area contributed by atoms with Crippen LogP contribution in [-0.4, -0.2) is 27.6 Å². The summed E-state index contributed by atoms with van der Waals surface area (Å²) in [6.07, 6.45) is 4.64. The summed E-state index contributed by atoms with van der Waals surface area (Å²) in [6.45, 7) is 7.31. The van der Waals surface area contributed by atoms with Gasteiger partial charge < -0.3 is 4.90 Å². The monoisotopic (exact) mass is 309 g/mol. The van der Waals surface area contributed by atoms with Gasteiger partial charge in [-0.05, 0) is 62.8 Å². The number of nitriles is 1. The van der Waals surface area contributed by atoms with Crippen LogP contribution in [0, 0.1) is 25.2 Å². The van der Waals surface area contributed by atoms with E-state index in [4.69, 9.17) is 0 Å². The molecular weight excluding hydrogens is 286 g/mol. The number of nitrogens with zero attached hydrogens (tertiary/aromatic N) is 5. The molecule has 1 atom stereocenters. The zero-order chi connectivity index (χ0) is 16.4. The summed E-state index contributed by atoms with van der Waals surface area (Å²) in [6, 6.07) is 8.81. The molecule has 1 aromatic carbocycles. The molecule has 0 spiro atoms. The first-order valence-electron chi connectivity index (χ1n) is 8.35. The minimum absolute atomic E-state index is 0.420. The maximum atomic E-state index is 9.47. The van der Waals surface area contributed by atoms with Crippen LogP contribution in [0.3, 0.4) is 0 Å². The Bertz CT molecular complexity index is 740. The van der Waals surface area contributed by atoms with E-state index in [2.05, 4.69) is 54.1 Å². The minimum atomic E-state index is 0.420. The Hall–Kier alpha value is -2.35. The number of benzene rings is 1. The van der Waals surface area contributed by atoms with Gasteiger partial charge in [-0.2, -0.15) is 5.26 Å². The molecule has 0 bridgehead atoms. The van der Waals surface area contributed by atoms with Gasteiger partial charge in [-0.3, -0.25) is 0 Å². The van der Waals surface area contributed by atoms with Gasteiger partial charge in [0.05, 0.1) is 5.69 Å². The fourth-order valence-electron chi connectivity index (χ4n) is 3.23. The second-order valence-corrected chi connectivity index (χ2v) is 6.29. The Labute approximate surface area is 137 Å². The second-order valence-electron chi connectivity index (χ2n) is 6.29. The van der Waals surface area contributed by atoms with Gasteiger partial charge in [-0.25, -0.2) is 0 Å². The number of aromatic nitrogens is 3. The lowest BCUT2D eigenvalue weighted by Crippen LogP contribution is -2.39. The summed E-state index contributed by atoms with van der Waals surface area (Å²) in [4.78, 5) is 3.87. The van der Waals surface area contributed by atoms with Crippen molar-refractivity contribution in [3.8, 4) is 11.8 Å². The highest BCUT2D eigenvalue weighted by molar-refractivity contribution is 5.51. The second kappa shape index (κ2) is 6.41. The topological polar surface area (TPSA) is 57.7 Å². The molecule has 1 unspecified atom stereocenters. The van der Waals surface area contributed by atoms with Crippen LogP contribution in [0.2, 0.25) is 0 Å². The molecule has 23 heavy (non-hydrogen) atoms. The summed E-state index contributed by atoms with van der Waals surface area (Å²) in [5.74, 6) is 0.734. The van der Waals surface area contributed by atoms with Gasteiger partial charge in [0.2, 0.25) is 5.69 Å². The van der Waals surface area contributed by atoms with Gasteiger partial charge in [0, 0.05) is 12.6 Å². The van der Waals surface area contributed by atoms with Gasteiger partial charge in [-0.15, -0.1) is 15.0 Å². The summed E-state index contributed by atoms with van der Waals surface area (Å²) in [5.41, 5.74) is 3.76. The Kier molecular flexibility index (Phi) is 4.33. The molecule has 2 aromatic rings. The molecule has 5 nitrogen and oxygen atoms in total. The van der Waals surface area contributed by atoms with E-state index in [9.17, 15) is 5.26 Å². The molecule has 0 saturated carbocycles. The Morgan fingerprint density at radius 3 is 2.74 bits per heavy atom. The van der Waals surface area contributed by atoms with E-state index in [0.717, 1.165) is 37.3 Å². The fourth-order valence-corrected chi connectivity index (χ4v) is 3.23. The quantitative estimate of drug-likeness (QED) is 0.870. The number of piperidine rings is 1. The number of hydrogen-bond acceptors (Lipinski definition) is 4. The molecule has 1 aliphatic heterocycles. The lowest BCUT2D eigenvalue weighted by Gasteiger charge is -2.35. The average molecular weight is 309 g/mol. The van der Waals surface area contributed by atoms with Crippen LogP contribution in [-0.2, 0) is 0 Å². The smallest absolute Gasteiger partial charge is 0.207 e. The summed E-state index contributed by atoms with van der Waals surface area (Å²) in [5, 5.41) is 18.5. The molecular formula is C18H23N5. The third-order valence-electron chi connectivity index (χ3n) is 4.79. The highest BCUT2D eigenvalue weighted by Crippen LogP contribution is 2.27. The molecule has 0 radical (unpaired) electrons. The van der Waals surface area contributed by atoms with Crippen LogP contribution in [0.15, 0.2) is 18.2 Å². The number of aryl methyl sites for hydroxylation is 2. The van der Waals surface area contributed by atoms with E-state index in [1.54, 1.807) is 4.80 Å². The highest BCUT2D eigenvalue weighted by atomic mass is 15.5. The van der Waals surface area contributed by atoms with Crippen molar-refractivity contribution in [1.82, 2.24) is 15.0 Å². The number of rotatable bonds is 3. The Morgan fingerprint density at radius 2 is 2.04 bits per heavy atom. The normalized spacial score (nSPS) is 18.0. The van der Waals surface area contributed by atoms with Crippen LogP contribution < -0.4 is 4.90 Å². The van der Waals surface area contributed by atoms with Crippen LogP contribution in [0.25, 0.3) is 5.69 Å². The van der Waals surface area contributed by atoms with Crippen molar-refractivity contribution in [3.63, 3.8) is 0 Å². The summed E-state index contributed by atoms with van der Waals surface area (Å²) in [7, 11) is 0. The lowest BCUT2D eigenvalue weighted by molar-refractivity contribution is 0.446. The van der Waals surface area contributed by atoms with Gasteiger partial charge in [0.25, 0.3) is 0 Å². The molecule has 0 aliphatic carbocycles. The largest absolute Gasteiger partial charge is 0.350 e. The SMILES string of the molecule is CCC1CCCCN1c1nn(-c2ccc(C)c(C)c2)nc1C#N. The molecule has 0 N–H and O–H groups in total. The van der Waals surface area contributed by atoms with Gasteiger partial charge >= 0.3 is 0 Å². The van der Waals surface area contributed by atoms with Crippen LogP contribution in [0.5, 0.6) is 0 Å². The molecule has 3 rings (SSSR count). The fraction of sp³-hybridized carbons (Fsp3) is 0.500. The molecule has 1 aliphatic rings. The van der Waals surface area contributed by atoms with Gasteiger partial charge in [0.1, 0.15) is 6.07 Å². The van der Waals surface area contributed by atoms with Crippen molar-refractivity contribution in [2.24, 2.45) is 0 Å². The first kappa shape index (κ1) is 15.5. The predicted octanol–water partition coefficient (Wildman–Crippen LogP) is 3.52. The van der Waals surface area contributed by atoms with Crippen molar-refractivity contribution in [1.29, 1.82) is 5.26 Å². The van der Waals surface area contributed by atoms with Crippen LogP contribution >= 0.6 is 0 Å². The molecule has 1 fully saturated rings. The molecule has 0 amide bonds. The first-order chi connectivity index (χ1) is 11.1. The average Bonchev–Trinajstić information content (AvgIpc) is 3.01. The van der Waals surface area contributed by atoms with Crippen molar-refractivity contribution in [3.05, 3.63) is 35.0 Å². The molecule has 1 saturated heterocycles. The predicted molar refractivity (Wildman–Crippen MR) is 90.8 cm³/mol. The molecule has 120 valence electrons. The van der Waals surface area contributed by atoms with E-state index in [1.165, 1.54) is 17.5 Å². The molecule has 5 heteroatoms. The number of hydrogen-bond donors (Lipinski definition) is 0. The van der Waals surface area contributed by atoms with Crippen LogP contribution in [0.4, 0.5) is 5.82 Å². The Balaban J connectivity index is 2.00. The van der Waals surface area contributed by atoms with E-state index >= 15 is 0 Å². The standard InChI is InChI=1S/C18H23N5/c1-4-15-7-5-6-10-22(15)18-17(12-19)20-23(21-18)16-9-8-13(2)14(3)11-16/h8-9,11,15H,4-7,10H2,1-3H3. The summed E-state index contributed by atoms with van der Waals surface area (Å²) < 4.78 is 0.